The quantitative estimate of drug-likeness (QED) is 0.441. The van der Waals surface area contributed by atoms with Crippen molar-refractivity contribution in [2.45, 2.75) is 31.9 Å². The Morgan fingerprint density at radius 2 is 1.82 bits per heavy atom. The minimum absolute atomic E-state index is 0.694. The third-order valence-electron chi connectivity index (χ3n) is 1.14. The van der Waals surface area contributed by atoms with E-state index >= 15 is 0 Å². The predicted octanol–water partition coefficient (Wildman–Crippen LogP) is 3.50. The highest BCUT2D eigenvalue weighted by Gasteiger charge is 2.24. The average molecular weight is 165 g/mol. The first-order valence-corrected chi connectivity index (χ1v) is 3.57. The summed E-state index contributed by atoms with van der Waals surface area (Å²) in [5.74, 6) is 0. The van der Waals surface area contributed by atoms with Gasteiger partial charge in [-0.25, -0.2) is 0 Å². The SMILES string of the molecule is [CH2]CCCC=CCC(F)(F)F. The van der Waals surface area contributed by atoms with Gasteiger partial charge in [0.15, 0.2) is 0 Å². The van der Waals surface area contributed by atoms with Gasteiger partial charge in [0.25, 0.3) is 0 Å². The fraction of sp³-hybridized carbons (Fsp3) is 0.625. The topological polar surface area (TPSA) is 0 Å². The Bertz CT molecular complexity index is 113. The lowest BCUT2D eigenvalue weighted by molar-refractivity contribution is -0.125. The maximum atomic E-state index is 11.5. The smallest absolute Gasteiger partial charge is 0.171 e. The van der Waals surface area contributed by atoms with E-state index in [0.717, 1.165) is 18.9 Å². The summed E-state index contributed by atoms with van der Waals surface area (Å²) < 4.78 is 34.5. The van der Waals surface area contributed by atoms with E-state index in [4.69, 9.17) is 0 Å². The fourth-order valence-electron chi connectivity index (χ4n) is 0.597. The number of halogens is 3. The van der Waals surface area contributed by atoms with Crippen LogP contribution in [0.3, 0.4) is 0 Å². The molecule has 0 fully saturated rings. The fourth-order valence-corrected chi connectivity index (χ4v) is 0.597. The van der Waals surface area contributed by atoms with Crippen molar-refractivity contribution < 1.29 is 13.2 Å². The molecule has 0 nitrogen and oxygen atoms in total. The van der Waals surface area contributed by atoms with E-state index in [1.54, 1.807) is 6.08 Å². The number of alkyl halides is 3. The first kappa shape index (κ1) is 10.5. The van der Waals surface area contributed by atoms with Gasteiger partial charge in [-0.3, -0.25) is 0 Å². The highest BCUT2D eigenvalue weighted by Crippen LogP contribution is 2.19. The largest absolute Gasteiger partial charge is 0.392 e. The summed E-state index contributed by atoms with van der Waals surface area (Å²) in [7, 11) is 0. The van der Waals surface area contributed by atoms with Gasteiger partial charge in [0.05, 0.1) is 6.42 Å². The van der Waals surface area contributed by atoms with Crippen LogP contribution in [0.15, 0.2) is 12.2 Å². The maximum Gasteiger partial charge on any atom is 0.392 e. The van der Waals surface area contributed by atoms with Crippen molar-refractivity contribution in [3.8, 4) is 0 Å². The van der Waals surface area contributed by atoms with E-state index in [-0.39, 0.29) is 0 Å². The van der Waals surface area contributed by atoms with Crippen molar-refractivity contribution in [1.29, 1.82) is 0 Å². The van der Waals surface area contributed by atoms with Gasteiger partial charge < -0.3 is 0 Å². The third-order valence-corrected chi connectivity index (χ3v) is 1.14. The molecule has 0 bridgehead atoms. The molecular weight excluding hydrogens is 153 g/mol. The Labute approximate surface area is 65.1 Å². The summed E-state index contributed by atoms with van der Waals surface area (Å²) in [4.78, 5) is 0. The standard InChI is InChI=1S/C8H12F3/c1-2-3-4-5-6-7-8(9,10)11/h5-6H,1-4,7H2. The van der Waals surface area contributed by atoms with Crippen molar-refractivity contribution in [3.05, 3.63) is 19.1 Å². The van der Waals surface area contributed by atoms with Gasteiger partial charge in [0.1, 0.15) is 0 Å². The molecule has 11 heavy (non-hydrogen) atoms. The molecule has 0 unspecified atom stereocenters. The molecule has 0 aliphatic carbocycles. The molecule has 0 amide bonds. The van der Waals surface area contributed by atoms with E-state index < -0.39 is 12.6 Å². The van der Waals surface area contributed by atoms with E-state index in [1.165, 1.54) is 0 Å². The van der Waals surface area contributed by atoms with E-state index in [0.29, 0.717) is 6.42 Å². The van der Waals surface area contributed by atoms with Gasteiger partial charge in [0.2, 0.25) is 0 Å². The molecule has 1 radical (unpaired) electrons. The molecule has 0 aromatic carbocycles. The van der Waals surface area contributed by atoms with Gasteiger partial charge >= 0.3 is 6.18 Å². The molecule has 3 heteroatoms. The molecule has 0 rings (SSSR count). The summed E-state index contributed by atoms with van der Waals surface area (Å²) in [6.07, 6.45) is 0.170. The van der Waals surface area contributed by atoms with Gasteiger partial charge in [0, 0.05) is 0 Å². The normalized spacial score (nSPS) is 12.7. The lowest BCUT2D eigenvalue weighted by Crippen LogP contribution is -2.03. The number of hydrogen-bond donors (Lipinski definition) is 0. The molecule has 0 aliphatic heterocycles. The van der Waals surface area contributed by atoms with Crippen LogP contribution in [0.25, 0.3) is 0 Å². The highest BCUT2D eigenvalue weighted by molar-refractivity contribution is 4.83. The summed E-state index contributed by atoms with van der Waals surface area (Å²) in [6, 6.07) is 0. The van der Waals surface area contributed by atoms with E-state index in [2.05, 4.69) is 6.92 Å². The minimum Gasteiger partial charge on any atom is -0.171 e. The van der Waals surface area contributed by atoms with Crippen molar-refractivity contribution in [2.24, 2.45) is 0 Å². The van der Waals surface area contributed by atoms with Gasteiger partial charge in [-0.05, 0) is 12.8 Å². The number of rotatable bonds is 4. The van der Waals surface area contributed by atoms with Gasteiger partial charge in [-0.1, -0.05) is 25.5 Å². The lowest BCUT2D eigenvalue weighted by atomic mass is 10.2. The Kier molecular flexibility index (Phi) is 4.99. The first-order chi connectivity index (χ1) is 5.06. The minimum atomic E-state index is -4.05. The zero-order valence-corrected chi connectivity index (χ0v) is 6.32. The van der Waals surface area contributed by atoms with E-state index in [9.17, 15) is 13.2 Å². The van der Waals surface area contributed by atoms with Crippen molar-refractivity contribution in [2.75, 3.05) is 0 Å². The molecule has 0 heterocycles. The second-order valence-corrected chi connectivity index (χ2v) is 2.29. The van der Waals surface area contributed by atoms with Crippen molar-refractivity contribution in [1.82, 2.24) is 0 Å². The Balaban J connectivity index is 3.30. The zero-order valence-electron chi connectivity index (χ0n) is 6.32. The van der Waals surface area contributed by atoms with Crippen LogP contribution in [0.1, 0.15) is 25.7 Å². The Morgan fingerprint density at radius 1 is 1.18 bits per heavy atom. The summed E-state index contributed by atoms with van der Waals surface area (Å²) in [5, 5.41) is 0. The molecular formula is C8H12F3. The molecule has 0 aliphatic rings. The average Bonchev–Trinajstić information content (AvgIpc) is 1.85. The number of unbranched alkanes of at least 4 members (excludes halogenated alkanes) is 2. The molecule has 0 aromatic heterocycles. The van der Waals surface area contributed by atoms with Crippen LogP contribution in [0.5, 0.6) is 0 Å². The molecule has 0 saturated carbocycles. The van der Waals surface area contributed by atoms with Crippen LogP contribution in [-0.4, -0.2) is 6.18 Å². The van der Waals surface area contributed by atoms with Crippen LogP contribution < -0.4 is 0 Å². The second kappa shape index (κ2) is 5.22. The van der Waals surface area contributed by atoms with E-state index in [1.807, 2.05) is 0 Å². The molecule has 0 atom stereocenters. The Hall–Kier alpha value is -0.470. The second-order valence-electron chi connectivity index (χ2n) is 2.29. The Morgan fingerprint density at radius 3 is 2.27 bits per heavy atom. The van der Waals surface area contributed by atoms with Crippen LogP contribution in [-0.2, 0) is 0 Å². The third kappa shape index (κ3) is 9.53. The van der Waals surface area contributed by atoms with Crippen molar-refractivity contribution in [3.63, 3.8) is 0 Å². The molecule has 65 valence electrons. The van der Waals surface area contributed by atoms with Crippen LogP contribution in [0, 0.1) is 6.92 Å². The number of hydrogen-bond acceptors (Lipinski definition) is 0. The number of allylic oxidation sites excluding steroid dienone is 2. The monoisotopic (exact) mass is 165 g/mol. The van der Waals surface area contributed by atoms with Gasteiger partial charge in [-0.2, -0.15) is 13.2 Å². The summed E-state index contributed by atoms with van der Waals surface area (Å²) in [6.45, 7) is 3.58. The molecule has 0 N–H and O–H groups in total. The predicted molar refractivity (Wildman–Crippen MR) is 39.0 cm³/mol. The molecule has 0 aromatic rings. The maximum absolute atomic E-state index is 11.5. The van der Waals surface area contributed by atoms with Crippen molar-refractivity contribution >= 4 is 0 Å². The zero-order chi connectivity index (χ0) is 8.74. The molecule has 0 spiro atoms. The molecule has 0 saturated heterocycles. The summed E-state index contributed by atoms with van der Waals surface area (Å²) in [5.41, 5.74) is 0. The van der Waals surface area contributed by atoms with Crippen LogP contribution in [0.4, 0.5) is 13.2 Å². The van der Waals surface area contributed by atoms with Crippen LogP contribution in [0.2, 0.25) is 0 Å². The van der Waals surface area contributed by atoms with Crippen LogP contribution >= 0.6 is 0 Å². The van der Waals surface area contributed by atoms with Gasteiger partial charge in [-0.15, -0.1) is 0 Å². The first-order valence-electron chi connectivity index (χ1n) is 3.57. The summed E-state index contributed by atoms with van der Waals surface area (Å²) >= 11 is 0. The highest BCUT2D eigenvalue weighted by atomic mass is 19.4. The lowest BCUT2D eigenvalue weighted by Gasteiger charge is -1.99.